The number of hydrogen-bond acceptors (Lipinski definition) is 6. The molecule has 2 saturated heterocycles. The van der Waals surface area contributed by atoms with Crippen LogP contribution in [-0.4, -0.2) is 98.7 Å². The van der Waals surface area contributed by atoms with Crippen molar-refractivity contribution in [3.63, 3.8) is 0 Å². The van der Waals surface area contributed by atoms with E-state index in [4.69, 9.17) is 4.74 Å². The minimum atomic E-state index is -3.75. The third kappa shape index (κ3) is 4.38. The van der Waals surface area contributed by atoms with E-state index in [2.05, 4.69) is 4.90 Å². The highest BCUT2D eigenvalue weighted by Gasteiger charge is 2.32. The first-order valence-electron chi connectivity index (χ1n) is 9.80. The monoisotopic (exact) mass is 411 g/mol. The van der Waals surface area contributed by atoms with E-state index in [9.17, 15) is 18.3 Å². The number of carbonyl (C=O) groups excluding carboxylic acids is 1. The highest BCUT2D eigenvalue weighted by Crippen LogP contribution is 2.23. The first-order chi connectivity index (χ1) is 13.5. The lowest BCUT2D eigenvalue weighted by molar-refractivity contribution is 0.0469. The second kappa shape index (κ2) is 9.32. The minimum Gasteiger partial charge on any atom is -0.395 e. The van der Waals surface area contributed by atoms with Crippen LogP contribution in [-0.2, 0) is 14.8 Å². The molecule has 1 amide bonds. The molecule has 8 nitrogen and oxygen atoms in total. The number of ether oxygens (including phenoxy) is 1. The lowest BCUT2D eigenvalue weighted by atomic mass is 10.1. The highest BCUT2D eigenvalue weighted by atomic mass is 32.2. The maximum Gasteiger partial charge on any atom is 0.255 e. The van der Waals surface area contributed by atoms with E-state index in [1.165, 1.54) is 10.4 Å². The van der Waals surface area contributed by atoms with Crippen LogP contribution in [0.25, 0.3) is 0 Å². The summed E-state index contributed by atoms with van der Waals surface area (Å²) >= 11 is 0. The van der Waals surface area contributed by atoms with Crippen LogP contribution in [0.3, 0.4) is 0 Å². The van der Waals surface area contributed by atoms with Gasteiger partial charge in [-0.3, -0.25) is 9.69 Å². The zero-order valence-corrected chi connectivity index (χ0v) is 17.1. The number of hydrogen-bond donors (Lipinski definition) is 1. The van der Waals surface area contributed by atoms with Crippen LogP contribution in [0.2, 0.25) is 0 Å². The lowest BCUT2D eigenvalue weighted by Crippen LogP contribution is -2.53. The SMILES string of the molecule is CCC(CO)N1CCN(C(=O)c2ccccc2S(=O)(=O)N2CCOCC2)CC1. The Labute approximate surface area is 166 Å². The molecule has 0 aliphatic carbocycles. The Balaban J connectivity index is 1.77. The molecule has 1 N–H and O–H groups in total. The Kier molecular flexibility index (Phi) is 7.05. The van der Waals surface area contributed by atoms with Crippen molar-refractivity contribution in [3.8, 4) is 0 Å². The second-order valence-corrected chi connectivity index (χ2v) is 8.99. The van der Waals surface area contributed by atoms with Gasteiger partial charge in [-0.05, 0) is 18.6 Å². The highest BCUT2D eigenvalue weighted by molar-refractivity contribution is 7.89. The number of carbonyl (C=O) groups is 1. The minimum absolute atomic E-state index is 0.0612. The average molecular weight is 412 g/mol. The molecule has 0 aromatic heterocycles. The van der Waals surface area contributed by atoms with Gasteiger partial charge in [0.25, 0.3) is 5.91 Å². The van der Waals surface area contributed by atoms with Crippen molar-refractivity contribution in [2.75, 3.05) is 59.1 Å². The molecule has 1 atom stereocenters. The van der Waals surface area contributed by atoms with Crippen molar-refractivity contribution in [2.45, 2.75) is 24.3 Å². The van der Waals surface area contributed by atoms with Gasteiger partial charge in [0.2, 0.25) is 10.0 Å². The maximum absolute atomic E-state index is 13.1. The van der Waals surface area contributed by atoms with Gasteiger partial charge in [0.05, 0.1) is 30.3 Å². The summed E-state index contributed by atoms with van der Waals surface area (Å²) in [6.45, 7) is 5.82. The third-order valence-corrected chi connectivity index (χ3v) is 7.46. The van der Waals surface area contributed by atoms with E-state index in [1.807, 2.05) is 6.92 Å². The molecule has 2 aliphatic heterocycles. The Morgan fingerprint density at radius 3 is 2.36 bits per heavy atom. The predicted molar refractivity (Wildman–Crippen MR) is 105 cm³/mol. The number of aliphatic hydroxyl groups excluding tert-OH is 1. The number of sulfonamides is 1. The summed E-state index contributed by atoms with van der Waals surface area (Å²) in [4.78, 5) is 17.1. The first kappa shape index (κ1) is 21.2. The standard InChI is InChI=1S/C19H29N3O5S/c1-2-16(15-23)20-7-9-21(10-8-20)19(24)17-5-3-4-6-18(17)28(25,26)22-11-13-27-14-12-22/h3-6,16,23H,2,7-15H2,1H3. The van der Waals surface area contributed by atoms with E-state index >= 15 is 0 Å². The van der Waals surface area contributed by atoms with E-state index in [0.29, 0.717) is 52.5 Å². The molecule has 3 rings (SSSR count). The first-order valence-corrected chi connectivity index (χ1v) is 11.2. The normalized spacial score (nSPS) is 20.9. The van der Waals surface area contributed by atoms with Crippen LogP contribution in [0, 0.1) is 0 Å². The van der Waals surface area contributed by atoms with Gasteiger partial charge < -0.3 is 14.7 Å². The van der Waals surface area contributed by atoms with Gasteiger partial charge in [0.1, 0.15) is 0 Å². The van der Waals surface area contributed by atoms with Gasteiger partial charge in [-0.25, -0.2) is 8.42 Å². The zero-order chi connectivity index (χ0) is 20.1. The van der Waals surface area contributed by atoms with Gasteiger partial charge in [-0.2, -0.15) is 4.31 Å². The molecule has 9 heteroatoms. The molecule has 0 spiro atoms. The third-order valence-electron chi connectivity index (χ3n) is 5.51. The smallest absolute Gasteiger partial charge is 0.255 e. The summed E-state index contributed by atoms with van der Waals surface area (Å²) < 4.78 is 32.8. The Morgan fingerprint density at radius 1 is 1.11 bits per heavy atom. The molecule has 1 aromatic carbocycles. The molecule has 0 bridgehead atoms. The zero-order valence-electron chi connectivity index (χ0n) is 16.3. The molecular weight excluding hydrogens is 382 g/mol. The summed E-state index contributed by atoms with van der Waals surface area (Å²) in [7, 11) is -3.75. The van der Waals surface area contributed by atoms with E-state index in [-0.39, 0.29) is 29.0 Å². The quantitative estimate of drug-likeness (QED) is 0.721. The summed E-state index contributed by atoms with van der Waals surface area (Å²) in [6.07, 6.45) is 0.852. The van der Waals surface area contributed by atoms with E-state index in [0.717, 1.165) is 6.42 Å². The molecular formula is C19H29N3O5S. The van der Waals surface area contributed by atoms with Crippen molar-refractivity contribution < 1.29 is 23.1 Å². The number of amides is 1. The molecule has 2 fully saturated rings. The van der Waals surface area contributed by atoms with Crippen LogP contribution in [0.15, 0.2) is 29.2 Å². The fourth-order valence-corrected chi connectivity index (χ4v) is 5.35. The van der Waals surface area contributed by atoms with Crippen molar-refractivity contribution in [1.82, 2.24) is 14.1 Å². The van der Waals surface area contributed by atoms with E-state index < -0.39 is 10.0 Å². The number of morpholine rings is 1. The summed E-state index contributed by atoms with van der Waals surface area (Å²) in [5, 5.41) is 9.48. The van der Waals surface area contributed by atoms with Crippen molar-refractivity contribution in [2.24, 2.45) is 0 Å². The molecule has 28 heavy (non-hydrogen) atoms. The molecule has 2 aliphatic rings. The molecule has 1 unspecified atom stereocenters. The van der Waals surface area contributed by atoms with Gasteiger partial charge in [0, 0.05) is 45.3 Å². The Hall–Kier alpha value is -1.52. The predicted octanol–water partition coefficient (Wildman–Crippen LogP) is 0.236. The summed E-state index contributed by atoms with van der Waals surface area (Å²) in [5.41, 5.74) is 0.219. The van der Waals surface area contributed by atoms with Gasteiger partial charge in [-0.15, -0.1) is 0 Å². The molecule has 0 saturated carbocycles. The number of aliphatic hydroxyl groups is 1. The van der Waals surface area contributed by atoms with Crippen molar-refractivity contribution in [3.05, 3.63) is 29.8 Å². The van der Waals surface area contributed by atoms with Gasteiger partial charge >= 0.3 is 0 Å². The number of nitrogens with zero attached hydrogens (tertiary/aromatic N) is 3. The Bertz CT molecular complexity index is 768. The topological polar surface area (TPSA) is 90.4 Å². The van der Waals surface area contributed by atoms with Crippen molar-refractivity contribution >= 4 is 15.9 Å². The van der Waals surface area contributed by atoms with Crippen LogP contribution in [0.1, 0.15) is 23.7 Å². The second-order valence-electron chi connectivity index (χ2n) is 7.09. The van der Waals surface area contributed by atoms with Gasteiger partial charge in [-0.1, -0.05) is 19.1 Å². The average Bonchev–Trinajstić information content (AvgIpc) is 2.75. The van der Waals surface area contributed by atoms with Crippen LogP contribution < -0.4 is 0 Å². The van der Waals surface area contributed by atoms with Gasteiger partial charge in [0.15, 0.2) is 0 Å². The van der Waals surface area contributed by atoms with Crippen molar-refractivity contribution in [1.29, 1.82) is 0 Å². The largest absolute Gasteiger partial charge is 0.395 e. The van der Waals surface area contributed by atoms with Crippen LogP contribution in [0.5, 0.6) is 0 Å². The number of rotatable bonds is 6. The molecule has 156 valence electrons. The maximum atomic E-state index is 13.1. The van der Waals surface area contributed by atoms with Crippen LogP contribution >= 0.6 is 0 Å². The van der Waals surface area contributed by atoms with Crippen LogP contribution in [0.4, 0.5) is 0 Å². The number of piperazine rings is 1. The lowest BCUT2D eigenvalue weighted by Gasteiger charge is -2.38. The molecule has 1 aromatic rings. The summed E-state index contributed by atoms with van der Waals surface area (Å²) in [6, 6.07) is 6.54. The summed E-state index contributed by atoms with van der Waals surface area (Å²) in [5.74, 6) is -0.260. The van der Waals surface area contributed by atoms with E-state index in [1.54, 1.807) is 23.1 Å². The molecule has 0 radical (unpaired) electrons. The molecule has 2 heterocycles. The number of benzene rings is 1. The Morgan fingerprint density at radius 2 is 1.75 bits per heavy atom. The fraction of sp³-hybridized carbons (Fsp3) is 0.632. The fourth-order valence-electron chi connectivity index (χ4n) is 3.76.